The van der Waals surface area contributed by atoms with Crippen LogP contribution in [0.25, 0.3) is 0 Å². The highest BCUT2D eigenvalue weighted by Gasteiger charge is 2.24. The number of nitrogens with zero attached hydrogens (tertiary/aromatic N) is 5. The van der Waals surface area contributed by atoms with Gasteiger partial charge in [0.1, 0.15) is 10.0 Å². The third-order valence-corrected chi connectivity index (χ3v) is 4.94. The van der Waals surface area contributed by atoms with E-state index in [1.54, 1.807) is 23.7 Å². The molecule has 2 aromatic rings. The molecule has 0 spiro atoms. The number of anilines is 1. The van der Waals surface area contributed by atoms with Crippen molar-refractivity contribution in [3.05, 3.63) is 27.4 Å². The second-order valence-corrected chi connectivity index (χ2v) is 6.38. The number of piperidine rings is 1. The second kappa shape index (κ2) is 6.01. The van der Waals surface area contributed by atoms with Gasteiger partial charge in [-0.1, -0.05) is 18.5 Å². The van der Waals surface area contributed by atoms with Crippen molar-refractivity contribution < 1.29 is 0 Å². The average molecular weight is 310 g/mol. The van der Waals surface area contributed by atoms with Crippen LogP contribution in [0.3, 0.4) is 0 Å². The molecule has 0 aromatic carbocycles. The van der Waals surface area contributed by atoms with Gasteiger partial charge in [0.15, 0.2) is 0 Å². The monoisotopic (exact) mass is 309 g/mol. The Morgan fingerprint density at radius 1 is 1.25 bits per heavy atom. The van der Waals surface area contributed by atoms with E-state index in [0.29, 0.717) is 10.9 Å². The Hall–Kier alpha value is -1.27. The summed E-state index contributed by atoms with van der Waals surface area (Å²) in [6.07, 6.45) is 6.41. The molecule has 0 bridgehead atoms. The lowest BCUT2D eigenvalue weighted by Crippen LogP contribution is -2.34. The number of aromatic nitrogens is 4. The zero-order chi connectivity index (χ0) is 13.9. The Bertz CT molecular complexity index is 562. The quantitative estimate of drug-likeness (QED) is 0.872. The topological polar surface area (TPSA) is 54.8 Å². The van der Waals surface area contributed by atoms with Crippen LogP contribution >= 0.6 is 22.9 Å². The molecular formula is C13H16ClN5S. The van der Waals surface area contributed by atoms with E-state index in [0.717, 1.165) is 43.3 Å². The first-order valence-corrected chi connectivity index (χ1v) is 8.00. The molecule has 5 nitrogen and oxygen atoms in total. The van der Waals surface area contributed by atoms with Gasteiger partial charge in [-0.25, -0.2) is 9.97 Å². The van der Waals surface area contributed by atoms with Crippen LogP contribution in [0.1, 0.15) is 35.7 Å². The first-order chi connectivity index (χ1) is 9.76. The predicted molar refractivity (Wildman–Crippen MR) is 80.5 cm³/mol. The molecule has 1 aliphatic heterocycles. The summed E-state index contributed by atoms with van der Waals surface area (Å²) in [5.41, 5.74) is 0. The summed E-state index contributed by atoms with van der Waals surface area (Å²) >= 11 is 7.56. The van der Waals surface area contributed by atoms with Crippen LogP contribution in [0.2, 0.25) is 5.02 Å². The van der Waals surface area contributed by atoms with Gasteiger partial charge in [0.05, 0.1) is 17.4 Å². The first-order valence-electron chi connectivity index (χ1n) is 6.81. The molecule has 0 unspecified atom stereocenters. The van der Waals surface area contributed by atoms with Crippen LogP contribution in [0.4, 0.5) is 5.95 Å². The summed E-state index contributed by atoms with van der Waals surface area (Å²) in [5, 5.41) is 11.4. The number of aryl methyl sites for hydroxylation is 1. The summed E-state index contributed by atoms with van der Waals surface area (Å²) in [6.45, 7) is 4.02. The lowest BCUT2D eigenvalue weighted by atomic mass is 9.98. The van der Waals surface area contributed by atoms with E-state index in [1.165, 1.54) is 5.01 Å². The highest BCUT2D eigenvalue weighted by molar-refractivity contribution is 7.11. The standard InChI is InChI=1S/C13H16ClN5S/c1-2-11-17-18-12(20-11)9-3-5-19(6-4-9)13-15-7-10(14)8-16-13/h7-9H,2-6H2,1H3. The average Bonchev–Trinajstić information content (AvgIpc) is 2.97. The SMILES string of the molecule is CCc1nnc(C2CCN(c3ncc(Cl)cn3)CC2)s1. The number of hydrogen-bond acceptors (Lipinski definition) is 6. The van der Waals surface area contributed by atoms with E-state index in [-0.39, 0.29) is 0 Å². The van der Waals surface area contributed by atoms with E-state index >= 15 is 0 Å². The maximum Gasteiger partial charge on any atom is 0.225 e. The fourth-order valence-corrected chi connectivity index (χ4v) is 3.42. The molecule has 7 heteroatoms. The van der Waals surface area contributed by atoms with Crippen LogP contribution in [0, 0.1) is 0 Å². The van der Waals surface area contributed by atoms with Gasteiger partial charge >= 0.3 is 0 Å². The maximum absolute atomic E-state index is 5.81. The van der Waals surface area contributed by atoms with Crippen molar-refractivity contribution in [2.24, 2.45) is 0 Å². The molecule has 1 saturated heterocycles. The van der Waals surface area contributed by atoms with Gasteiger partial charge in [-0.15, -0.1) is 21.5 Å². The van der Waals surface area contributed by atoms with Gasteiger partial charge in [0, 0.05) is 19.0 Å². The highest BCUT2D eigenvalue weighted by atomic mass is 35.5. The van der Waals surface area contributed by atoms with Gasteiger partial charge in [-0.2, -0.15) is 0 Å². The van der Waals surface area contributed by atoms with E-state index < -0.39 is 0 Å². The minimum atomic E-state index is 0.524. The smallest absolute Gasteiger partial charge is 0.225 e. The van der Waals surface area contributed by atoms with Crippen LogP contribution in [0.15, 0.2) is 12.4 Å². The third kappa shape index (κ3) is 2.91. The van der Waals surface area contributed by atoms with Gasteiger partial charge in [0.25, 0.3) is 0 Å². The largest absolute Gasteiger partial charge is 0.341 e. The van der Waals surface area contributed by atoms with Gasteiger partial charge in [-0.3, -0.25) is 0 Å². The fourth-order valence-electron chi connectivity index (χ4n) is 2.37. The third-order valence-electron chi connectivity index (χ3n) is 3.52. The van der Waals surface area contributed by atoms with Crippen molar-refractivity contribution in [3.63, 3.8) is 0 Å². The number of hydrogen-bond donors (Lipinski definition) is 0. The molecule has 0 saturated carbocycles. The molecule has 106 valence electrons. The second-order valence-electron chi connectivity index (χ2n) is 4.85. The zero-order valence-corrected chi connectivity index (χ0v) is 12.9. The van der Waals surface area contributed by atoms with Crippen molar-refractivity contribution in [2.75, 3.05) is 18.0 Å². The Labute approximate surface area is 127 Å². The van der Waals surface area contributed by atoms with Crippen molar-refractivity contribution in [2.45, 2.75) is 32.1 Å². The van der Waals surface area contributed by atoms with Crippen LogP contribution < -0.4 is 4.90 Å². The molecule has 0 atom stereocenters. The van der Waals surface area contributed by atoms with E-state index in [1.807, 2.05) is 0 Å². The molecule has 0 radical (unpaired) electrons. The van der Waals surface area contributed by atoms with Crippen molar-refractivity contribution in [1.82, 2.24) is 20.2 Å². The Morgan fingerprint density at radius 2 is 1.95 bits per heavy atom. The van der Waals surface area contributed by atoms with E-state index in [2.05, 4.69) is 32.0 Å². The van der Waals surface area contributed by atoms with Crippen molar-refractivity contribution >= 4 is 28.9 Å². The molecule has 3 heterocycles. The zero-order valence-electron chi connectivity index (χ0n) is 11.3. The number of rotatable bonds is 3. The molecule has 1 fully saturated rings. The van der Waals surface area contributed by atoms with Crippen molar-refractivity contribution in [1.29, 1.82) is 0 Å². The van der Waals surface area contributed by atoms with Crippen molar-refractivity contribution in [3.8, 4) is 0 Å². The van der Waals surface area contributed by atoms with Gasteiger partial charge < -0.3 is 4.90 Å². The molecule has 0 aliphatic carbocycles. The first kappa shape index (κ1) is 13.7. The molecule has 2 aromatic heterocycles. The molecule has 1 aliphatic rings. The van der Waals surface area contributed by atoms with E-state index in [4.69, 9.17) is 11.6 Å². The predicted octanol–water partition coefficient (Wildman–Crippen LogP) is 2.93. The van der Waals surface area contributed by atoms with Crippen LogP contribution in [-0.4, -0.2) is 33.3 Å². The molecule has 20 heavy (non-hydrogen) atoms. The maximum atomic E-state index is 5.81. The van der Waals surface area contributed by atoms with Crippen LogP contribution in [-0.2, 0) is 6.42 Å². The minimum Gasteiger partial charge on any atom is -0.341 e. The lowest BCUT2D eigenvalue weighted by Gasteiger charge is -2.30. The van der Waals surface area contributed by atoms with E-state index in [9.17, 15) is 0 Å². The van der Waals surface area contributed by atoms with Crippen LogP contribution in [0.5, 0.6) is 0 Å². The highest BCUT2D eigenvalue weighted by Crippen LogP contribution is 2.31. The Morgan fingerprint density at radius 3 is 2.55 bits per heavy atom. The normalized spacial score (nSPS) is 16.6. The fraction of sp³-hybridized carbons (Fsp3) is 0.538. The van der Waals surface area contributed by atoms with Gasteiger partial charge in [-0.05, 0) is 19.3 Å². The summed E-state index contributed by atoms with van der Waals surface area (Å²) in [5.74, 6) is 1.29. The number of halogens is 1. The summed E-state index contributed by atoms with van der Waals surface area (Å²) in [4.78, 5) is 10.8. The molecule has 3 rings (SSSR count). The Kier molecular flexibility index (Phi) is 4.12. The molecular weight excluding hydrogens is 294 g/mol. The lowest BCUT2D eigenvalue weighted by molar-refractivity contribution is 0.495. The minimum absolute atomic E-state index is 0.524. The summed E-state index contributed by atoms with van der Waals surface area (Å²) in [7, 11) is 0. The molecule has 0 amide bonds. The van der Waals surface area contributed by atoms with Gasteiger partial charge in [0.2, 0.25) is 5.95 Å². The summed E-state index contributed by atoms with van der Waals surface area (Å²) in [6, 6.07) is 0. The Balaban J connectivity index is 1.63. The molecule has 0 N–H and O–H groups in total. The summed E-state index contributed by atoms with van der Waals surface area (Å²) < 4.78 is 0.